The Kier molecular flexibility index (Phi) is 4.39. The molecule has 1 aromatic rings. The summed E-state index contributed by atoms with van der Waals surface area (Å²) in [5.74, 6) is 3.05. The molecule has 0 radical (unpaired) electrons. The van der Waals surface area contributed by atoms with Gasteiger partial charge in [-0.25, -0.2) is 0 Å². The lowest BCUT2D eigenvalue weighted by Crippen LogP contribution is -2.21. The predicted octanol–water partition coefficient (Wildman–Crippen LogP) is 2.64. The first-order valence-corrected chi connectivity index (χ1v) is 5.91. The minimum atomic E-state index is 0.508. The van der Waals surface area contributed by atoms with Gasteiger partial charge >= 0.3 is 0 Å². The lowest BCUT2D eigenvalue weighted by Gasteiger charge is -2.04. The van der Waals surface area contributed by atoms with Gasteiger partial charge in [-0.05, 0) is 18.4 Å². The van der Waals surface area contributed by atoms with Crippen LogP contribution in [0.4, 0.5) is 0 Å². The van der Waals surface area contributed by atoms with Gasteiger partial charge in [-0.1, -0.05) is 13.8 Å². The summed E-state index contributed by atoms with van der Waals surface area (Å²) < 4.78 is 5.59. The third-order valence-corrected chi connectivity index (χ3v) is 2.26. The van der Waals surface area contributed by atoms with Gasteiger partial charge in [-0.3, -0.25) is 0 Å². The highest BCUT2D eigenvalue weighted by atomic mass is 32.2. The molecule has 74 valence electrons. The van der Waals surface area contributed by atoms with Gasteiger partial charge in [0.1, 0.15) is 11.5 Å². The fraction of sp³-hybridized carbons (Fsp3) is 0.600. The first-order chi connectivity index (χ1) is 6.22. The second kappa shape index (κ2) is 5.35. The van der Waals surface area contributed by atoms with Gasteiger partial charge in [0.05, 0.1) is 12.3 Å². The van der Waals surface area contributed by atoms with Gasteiger partial charge in [0.15, 0.2) is 0 Å². The molecule has 1 aromatic heterocycles. The zero-order valence-corrected chi connectivity index (χ0v) is 9.28. The smallest absolute Gasteiger partial charge is 0.118 e. The number of furan rings is 1. The van der Waals surface area contributed by atoms with Crippen LogP contribution < -0.4 is 5.32 Å². The van der Waals surface area contributed by atoms with Gasteiger partial charge in [0.2, 0.25) is 0 Å². The van der Waals surface area contributed by atoms with E-state index in [-0.39, 0.29) is 0 Å². The van der Waals surface area contributed by atoms with Crippen molar-refractivity contribution in [1.82, 2.24) is 5.32 Å². The number of nitrogens with one attached hydrogen (secondary N) is 1. The van der Waals surface area contributed by atoms with Crippen LogP contribution in [0.2, 0.25) is 0 Å². The van der Waals surface area contributed by atoms with E-state index in [4.69, 9.17) is 4.42 Å². The molecule has 1 heterocycles. The van der Waals surface area contributed by atoms with E-state index in [2.05, 4.69) is 25.4 Å². The minimum absolute atomic E-state index is 0.508. The molecule has 0 bridgehead atoms. The van der Waals surface area contributed by atoms with Crippen LogP contribution in [0.5, 0.6) is 0 Å². The van der Waals surface area contributed by atoms with E-state index >= 15 is 0 Å². The first kappa shape index (κ1) is 10.7. The number of hydrogen-bond donors (Lipinski definition) is 1. The Morgan fingerprint density at radius 2 is 2.08 bits per heavy atom. The highest BCUT2D eigenvalue weighted by Gasteiger charge is 2.01. The van der Waals surface area contributed by atoms with E-state index in [1.165, 1.54) is 0 Å². The first-order valence-electron chi connectivity index (χ1n) is 4.52. The van der Waals surface area contributed by atoms with E-state index in [0.29, 0.717) is 6.04 Å². The Labute approximate surface area is 84.1 Å². The molecule has 0 spiro atoms. The van der Waals surface area contributed by atoms with Crippen molar-refractivity contribution in [2.24, 2.45) is 0 Å². The van der Waals surface area contributed by atoms with E-state index < -0.39 is 0 Å². The lowest BCUT2D eigenvalue weighted by atomic mass is 10.3. The van der Waals surface area contributed by atoms with Crippen LogP contribution in [0.3, 0.4) is 0 Å². The quantitative estimate of drug-likeness (QED) is 0.789. The molecule has 1 N–H and O–H groups in total. The Morgan fingerprint density at radius 1 is 1.38 bits per heavy atom. The topological polar surface area (TPSA) is 25.2 Å². The Morgan fingerprint density at radius 3 is 2.69 bits per heavy atom. The van der Waals surface area contributed by atoms with Gasteiger partial charge in [-0.15, -0.1) is 0 Å². The number of rotatable bonds is 5. The van der Waals surface area contributed by atoms with Gasteiger partial charge in [0.25, 0.3) is 0 Å². The van der Waals surface area contributed by atoms with Crippen LogP contribution in [0, 0.1) is 0 Å². The fourth-order valence-corrected chi connectivity index (χ4v) is 1.48. The summed E-state index contributed by atoms with van der Waals surface area (Å²) >= 11 is 1.78. The Balaban J connectivity index is 2.39. The second-order valence-electron chi connectivity index (χ2n) is 3.34. The zero-order chi connectivity index (χ0) is 9.68. The van der Waals surface area contributed by atoms with Crippen molar-refractivity contribution in [3.8, 4) is 0 Å². The van der Waals surface area contributed by atoms with Crippen LogP contribution in [0.1, 0.15) is 25.4 Å². The molecule has 3 heteroatoms. The largest absolute Gasteiger partial charge is 0.464 e. The standard InChI is InChI=1S/C10H17NOS/c1-8(2)11-6-9-4-5-10(12-9)7-13-3/h4-5,8,11H,6-7H2,1-3H3. The van der Waals surface area contributed by atoms with Crippen molar-refractivity contribution in [2.75, 3.05) is 6.26 Å². The average Bonchev–Trinajstić information content (AvgIpc) is 2.50. The summed E-state index contributed by atoms with van der Waals surface area (Å²) in [6.45, 7) is 5.09. The molecule has 0 saturated carbocycles. The summed E-state index contributed by atoms with van der Waals surface area (Å²) in [5.41, 5.74) is 0. The molecule has 0 amide bonds. The Bertz CT molecular complexity index is 245. The van der Waals surface area contributed by atoms with Crippen molar-refractivity contribution in [1.29, 1.82) is 0 Å². The zero-order valence-electron chi connectivity index (χ0n) is 8.46. The molecular formula is C10H17NOS. The molecule has 0 saturated heterocycles. The number of thioether (sulfide) groups is 1. The fourth-order valence-electron chi connectivity index (χ4n) is 1.04. The molecule has 13 heavy (non-hydrogen) atoms. The summed E-state index contributed by atoms with van der Waals surface area (Å²) in [7, 11) is 0. The van der Waals surface area contributed by atoms with Gasteiger partial charge in [0, 0.05) is 6.04 Å². The summed E-state index contributed by atoms with van der Waals surface area (Å²) in [4.78, 5) is 0. The SMILES string of the molecule is CSCc1ccc(CNC(C)C)o1. The second-order valence-corrected chi connectivity index (χ2v) is 4.20. The normalized spacial score (nSPS) is 11.1. The number of hydrogen-bond acceptors (Lipinski definition) is 3. The van der Waals surface area contributed by atoms with Crippen molar-refractivity contribution in [2.45, 2.75) is 32.2 Å². The van der Waals surface area contributed by atoms with Crippen LogP contribution in [0.15, 0.2) is 16.5 Å². The third-order valence-electron chi connectivity index (χ3n) is 1.69. The average molecular weight is 199 g/mol. The molecule has 0 aliphatic heterocycles. The molecule has 0 unspecified atom stereocenters. The molecule has 0 aliphatic carbocycles. The highest BCUT2D eigenvalue weighted by molar-refractivity contribution is 7.97. The van der Waals surface area contributed by atoms with E-state index in [1.54, 1.807) is 11.8 Å². The molecule has 2 nitrogen and oxygen atoms in total. The maximum atomic E-state index is 5.59. The summed E-state index contributed by atoms with van der Waals surface area (Å²) in [5, 5.41) is 3.32. The van der Waals surface area contributed by atoms with Crippen LogP contribution in [-0.4, -0.2) is 12.3 Å². The monoisotopic (exact) mass is 199 g/mol. The summed E-state index contributed by atoms with van der Waals surface area (Å²) in [6.07, 6.45) is 2.08. The third kappa shape index (κ3) is 3.87. The highest BCUT2D eigenvalue weighted by Crippen LogP contribution is 2.13. The van der Waals surface area contributed by atoms with Crippen LogP contribution in [-0.2, 0) is 12.3 Å². The van der Waals surface area contributed by atoms with Crippen LogP contribution in [0.25, 0.3) is 0 Å². The minimum Gasteiger partial charge on any atom is -0.464 e. The molecular weight excluding hydrogens is 182 g/mol. The summed E-state index contributed by atoms with van der Waals surface area (Å²) in [6, 6.07) is 4.60. The molecule has 0 aromatic carbocycles. The van der Waals surface area contributed by atoms with Crippen LogP contribution >= 0.6 is 11.8 Å². The van der Waals surface area contributed by atoms with E-state index in [9.17, 15) is 0 Å². The van der Waals surface area contributed by atoms with Crippen molar-refractivity contribution in [3.05, 3.63) is 23.7 Å². The maximum absolute atomic E-state index is 5.59. The predicted molar refractivity (Wildman–Crippen MR) is 57.9 cm³/mol. The molecule has 0 atom stereocenters. The van der Waals surface area contributed by atoms with E-state index in [0.717, 1.165) is 23.8 Å². The van der Waals surface area contributed by atoms with Crippen molar-refractivity contribution in [3.63, 3.8) is 0 Å². The molecule has 0 aliphatic rings. The molecule has 0 fully saturated rings. The lowest BCUT2D eigenvalue weighted by molar-refractivity contribution is 0.446. The maximum Gasteiger partial charge on any atom is 0.118 e. The Hall–Kier alpha value is -0.410. The van der Waals surface area contributed by atoms with Gasteiger partial charge in [-0.2, -0.15) is 11.8 Å². The van der Waals surface area contributed by atoms with Gasteiger partial charge < -0.3 is 9.73 Å². The van der Waals surface area contributed by atoms with E-state index in [1.807, 2.05) is 12.1 Å². The van der Waals surface area contributed by atoms with Crippen molar-refractivity contribution >= 4 is 11.8 Å². The molecule has 1 rings (SSSR count). The van der Waals surface area contributed by atoms with Crippen molar-refractivity contribution < 1.29 is 4.42 Å².